The number of hydrogen-bond donors (Lipinski definition) is 1. The monoisotopic (exact) mass is 606 g/mol. The van der Waals surface area contributed by atoms with Crippen molar-refractivity contribution < 1.29 is 48.7 Å². The van der Waals surface area contributed by atoms with Crippen molar-refractivity contribution in [3.05, 3.63) is 64.4 Å². The Labute approximate surface area is 228 Å². The van der Waals surface area contributed by atoms with Crippen molar-refractivity contribution in [3.63, 3.8) is 0 Å². The molecule has 1 aromatic carbocycles. The summed E-state index contributed by atoms with van der Waals surface area (Å²) in [6.07, 6.45) is -9.18. The Kier molecular flexibility index (Phi) is 7.52. The Morgan fingerprint density at radius 1 is 1.05 bits per heavy atom. The van der Waals surface area contributed by atoms with Gasteiger partial charge in [-0.05, 0) is 50.5 Å². The summed E-state index contributed by atoms with van der Waals surface area (Å²) in [6, 6.07) is 5.38. The van der Waals surface area contributed by atoms with Gasteiger partial charge in [0, 0.05) is 18.0 Å². The van der Waals surface area contributed by atoms with E-state index in [4.69, 9.17) is 4.74 Å². The number of hydrogen-bond acceptors (Lipinski definition) is 7. The topological polar surface area (TPSA) is 111 Å². The number of aromatic nitrogens is 3. The Hall–Kier alpha value is -3.82. The van der Waals surface area contributed by atoms with Gasteiger partial charge in [-0.25, -0.2) is 12.8 Å². The second-order valence-corrected chi connectivity index (χ2v) is 11.6. The molecule has 1 aliphatic carbocycles. The number of carbonyl (C=O) groups excluding carboxylic acids is 1. The molecule has 0 saturated heterocycles. The molecule has 0 bridgehead atoms. The minimum atomic E-state index is -5.06. The summed E-state index contributed by atoms with van der Waals surface area (Å²) < 4.78 is 126. The van der Waals surface area contributed by atoms with Gasteiger partial charge in [0.1, 0.15) is 11.0 Å². The van der Waals surface area contributed by atoms with Crippen LogP contribution in [0.25, 0.3) is 0 Å². The Bertz CT molecular complexity index is 1610. The molecule has 3 aromatic rings. The van der Waals surface area contributed by atoms with Crippen LogP contribution in [0.4, 0.5) is 36.4 Å². The van der Waals surface area contributed by atoms with E-state index in [1.807, 2.05) is 0 Å². The molecule has 16 heteroatoms. The zero-order chi connectivity index (χ0) is 30.5. The first kappa shape index (κ1) is 30.1. The number of amides is 1. The minimum Gasteiger partial charge on any atom is -0.432 e. The number of anilines is 1. The van der Waals surface area contributed by atoms with E-state index in [1.54, 1.807) is 0 Å². The van der Waals surface area contributed by atoms with E-state index in [0.29, 0.717) is 6.07 Å². The summed E-state index contributed by atoms with van der Waals surface area (Å²) in [5.74, 6) is -4.21. The van der Waals surface area contributed by atoms with E-state index in [9.17, 15) is 39.6 Å². The largest absolute Gasteiger partial charge is 0.435 e. The minimum absolute atomic E-state index is 0.111. The van der Waals surface area contributed by atoms with Crippen LogP contribution in [0.1, 0.15) is 52.3 Å². The summed E-state index contributed by atoms with van der Waals surface area (Å²) >= 11 is 0. The highest BCUT2D eigenvalue weighted by Gasteiger charge is 2.60. The molecule has 1 N–H and O–H groups in total. The molecule has 1 fully saturated rings. The van der Waals surface area contributed by atoms with E-state index in [1.165, 1.54) is 18.2 Å². The second kappa shape index (κ2) is 10.2. The van der Waals surface area contributed by atoms with Gasteiger partial charge in [0.15, 0.2) is 27.1 Å². The Morgan fingerprint density at radius 2 is 1.71 bits per heavy atom. The zero-order valence-electron chi connectivity index (χ0n) is 21.5. The molecule has 1 saturated carbocycles. The molecule has 0 radical (unpaired) electrons. The smallest absolute Gasteiger partial charge is 0.432 e. The first-order valence-corrected chi connectivity index (χ1v) is 13.7. The lowest BCUT2D eigenvalue weighted by molar-refractivity contribution is -0.214. The maximum atomic E-state index is 15.2. The highest BCUT2D eigenvalue weighted by molar-refractivity contribution is 7.90. The molecule has 0 aliphatic heterocycles. The van der Waals surface area contributed by atoms with E-state index >= 15 is 4.39 Å². The summed E-state index contributed by atoms with van der Waals surface area (Å²) in [6.45, 7) is 2.02. The average molecular weight is 607 g/mol. The van der Waals surface area contributed by atoms with Crippen LogP contribution in [-0.2, 0) is 21.4 Å². The highest BCUT2D eigenvalue weighted by Crippen LogP contribution is 2.54. The van der Waals surface area contributed by atoms with Gasteiger partial charge in [0.25, 0.3) is 11.8 Å². The van der Waals surface area contributed by atoms with Crippen molar-refractivity contribution in [1.82, 2.24) is 15.2 Å². The third-order valence-corrected chi connectivity index (χ3v) is 7.85. The molecule has 0 spiro atoms. The predicted octanol–water partition coefficient (Wildman–Crippen LogP) is 6.08. The number of nitrogens with one attached hydrogen (secondary N) is 1. The van der Waals surface area contributed by atoms with Gasteiger partial charge >= 0.3 is 12.4 Å². The summed E-state index contributed by atoms with van der Waals surface area (Å²) in [5, 5.41) is 8.63. The molecular weight excluding hydrogens is 585 g/mol. The third-order valence-electron chi connectivity index (χ3n) is 6.74. The summed E-state index contributed by atoms with van der Waals surface area (Å²) in [4.78, 5) is 16.9. The van der Waals surface area contributed by atoms with Crippen LogP contribution in [0.2, 0.25) is 0 Å². The number of aryl methyl sites for hydroxylation is 1. The van der Waals surface area contributed by atoms with Crippen LogP contribution >= 0.6 is 0 Å². The fourth-order valence-corrected chi connectivity index (χ4v) is 5.07. The number of nitrogens with zero attached hydrogens (tertiary/aromatic N) is 3. The van der Waals surface area contributed by atoms with Crippen molar-refractivity contribution in [1.29, 1.82) is 0 Å². The van der Waals surface area contributed by atoms with Crippen molar-refractivity contribution in [3.8, 4) is 11.6 Å². The molecule has 2 aromatic heterocycles. The number of alkyl halides is 6. The Morgan fingerprint density at radius 3 is 2.22 bits per heavy atom. The number of halogens is 7. The van der Waals surface area contributed by atoms with Crippen molar-refractivity contribution >= 4 is 21.4 Å². The second-order valence-electron chi connectivity index (χ2n) is 9.54. The first-order chi connectivity index (χ1) is 18.8. The SMILES string of the molecule is Cc1nc(C2(C(F)(F)F)CCC2)cc(F)c1Oc1nnc(C(F)(F)F)c(C)c1C(=O)Nc1cccc(S(C)(=O)=O)c1. The number of pyridine rings is 1. The average Bonchev–Trinajstić information content (AvgIpc) is 2.78. The van der Waals surface area contributed by atoms with E-state index in [2.05, 4.69) is 20.5 Å². The maximum absolute atomic E-state index is 15.2. The standard InChI is InChI=1S/C25H21F7N4O4S/c1-12-18(21(37)34-14-6-4-7-15(10-14)41(3,38)39)22(36-35-20(12)24(27,28)29)40-19-13(2)33-17(11-16(19)26)23(8-5-9-23)25(30,31)32/h4,6-7,10-11H,5,8-9H2,1-3H3,(H,34,37). The van der Waals surface area contributed by atoms with Gasteiger partial charge in [-0.15, -0.1) is 10.2 Å². The third kappa shape index (κ3) is 5.69. The van der Waals surface area contributed by atoms with E-state index < -0.39 is 73.5 Å². The number of benzene rings is 1. The van der Waals surface area contributed by atoms with Gasteiger partial charge in [-0.2, -0.15) is 26.3 Å². The van der Waals surface area contributed by atoms with Crippen LogP contribution in [0.5, 0.6) is 11.6 Å². The first-order valence-electron chi connectivity index (χ1n) is 11.8. The van der Waals surface area contributed by atoms with Gasteiger partial charge in [-0.3, -0.25) is 9.78 Å². The van der Waals surface area contributed by atoms with Gasteiger partial charge < -0.3 is 10.1 Å². The molecule has 0 atom stereocenters. The van der Waals surface area contributed by atoms with E-state index in [-0.39, 0.29) is 35.5 Å². The highest BCUT2D eigenvalue weighted by atomic mass is 32.2. The molecule has 4 rings (SSSR count). The number of sulfone groups is 1. The molecule has 0 unspecified atom stereocenters. The molecular formula is C25H21F7N4O4S. The fraction of sp³-hybridized carbons (Fsp3) is 0.360. The number of rotatable bonds is 6. The lowest BCUT2D eigenvalue weighted by atomic mass is 9.65. The van der Waals surface area contributed by atoms with Crippen LogP contribution in [-0.4, -0.2) is 41.9 Å². The Balaban J connectivity index is 1.78. The van der Waals surface area contributed by atoms with Crippen molar-refractivity contribution in [2.75, 3.05) is 11.6 Å². The van der Waals surface area contributed by atoms with Crippen LogP contribution in [0, 0.1) is 19.7 Å². The van der Waals surface area contributed by atoms with Crippen molar-refractivity contribution in [2.24, 2.45) is 0 Å². The molecule has 220 valence electrons. The van der Waals surface area contributed by atoms with Crippen molar-refractivity contribution in [2.45, 2.75) is 55.8 Å². The predicted molar refractivity (Wildman–Crippen MR) is 130 cm³/mol. The van der Waals surface area contributed by atoms with Crippen LogP contribution in [0.3, 0.4) is 0 Å². The lowest BCUT2D eigenvalue weighted by Gasteiger charge is -2.42. The zero-order valence-corrected chi connectivity index (χ0v) is 22.4. The van der Waals surface area contributed by atoms with Gasteiger partial charge in [-0.1, -0.05) is 12.5 Å². The summed E-state index contributed by atoms with van der Waals surface area (Å²) in [7, 11) is -3.71. The molecule has 8 nitrogen and oxygen atoms in total. The normalized spacial score (nSPS) is 15.3. The number of ether oxygens (including phenoxy) is 1. The lowest BCUT2D eigenvalue weighted by Crippen LogP contribution is -2.48. The fourth-order valence-electron chi connectivity index (χ4n) is 4.41. The van der Waals surface area contributed by atoms with Crippen LogP contribution < -0.4 is 10.1 Å². The number of carbonyl (C=O) groups is 1. The van der Waals surface area contributed by atoms with Gasteiger partial charge in [0.2, 0.25) is 0 Å². The quantitative estimate of drug-likeness (QED) is 0.339. The molecule has 41 heavy (non-hydrogen) atoms. The molecule has 2 heterocycles. The van der Waals surface area contributed by atoms with Crippen LogP contribution in [0.15, 0.2) is 35.2 Å². The maximum Gasteiger partial charge on any atom is 0.435 e. The molecule has 1 aliphatic rings. The van der Waals surface area contributed by atoms with E-state index in [0.717, 1.165) is 26.2 Å². The summed E-state index contributed by atoms with van der Waals surface area (Å²) in [5.41, 5.74) is -6.53. The molecule has 1 amide bonds. The van der Waals surface area contributed by atoms with Gasteiger partial charge in [0.05, 0.1) is 16.3 Å².